The number of nitrogens with one attached hydrogen (secondary N) is 1. The molecule has 0 bridgehead atoms. The summed E-state index contributed by atoms with van der Waals surface area (Å²) in [5.74, 6) is 0.824. The second-order valence-corrected chi connectivity index (χ2v) is 9.04. The number of anilines is 1. The van der Waals surface area contributed by atoms with Crippen LogP contribution in [0.2, 0.25) is 0 Å². The topological polar surface area (TPSA) is 57.7 Å². The lowest BCUT2D eigenvalue weighted by Gasteiger charge is -2.34. The molecule has 29 heavy (non-hydrogen) atoms. The summed E-state index contributed by atoms with van der Waals surface area (Å²) in [6.07, 6.45) is 0. The van der Waals surface area contributed by atoms with Gasteiger partial charge in [0.25, 0.3) is 5.91 Å². The van der Waals surface area contributed by atoms with Crippen molar-refractivity contribution in [1.29, 1.82) is 0 Å². The molecule has 3 aromatic rings. The van der Waals surface area contributed by atoms with E-state index < -0.39 is 0 Å². The molecule has 2 aromatic carbocycles. The number of aromatic nitrogens is 1. The summed E-state index contributed by atoms with van der Waals surface area (Å²) >= 11 is 3.91. The van der Waals surface area contributed by atoms with Crippen LogP contribution in [0.15, 0.2) is 42.5 Å². The van der Waals surface area contributed by atoms with E-state index in [2.05, 4.69) is 43.8 Å². The van der Waals surface area contributed by atoms with Crippen LogP contribution in [-0.4, -0.2) is 62.2 Å². The van der Waals surface area contributed by atoms with Gasteiger partial charge in [0.2, 0.25) is 0 Å². The van der Waals surface area contributed by atoms with Crippen LogP contribution in [0.25, 0.3) is 10.2 Å². The zero-order valence-corrected chi connectivity index (χ0v) is 19.2. The summed E-state index contributed by atoms with van der Waals surface area (Å²) in [5.41, 5.74) is 1.68. The molecule has 0 aliphatic carbocycles. The number of methoxy groups -OCH3 is 1. The molecule has 1 amide bonds. The van der Waals surface area contributed by atoms with E-state index in [9.17, 15) is 4.79 Å². The normalized spacial score (nSPS) is 14.9. The number of hydrogen-bond donors (Lipinski definition) is 1. The lowest BCUT2D eigenvalue weighted by Crippen LogP contribution is -2.48. The molecule has 0 atom stereocenters. The number of amides is 1. The fraction of sp³-hybridized carbons (Fsp3) is 0.333. The number of carbonyl (C=O) groups excluding carboxylic acids is 1. The first kappa shape index (κ1) is 20.4. The highest BCUT2D eigenvalue weighted by Crippen LogP contribution is 2.34. The molecule has 1 fully saturated rings. The van der Waals surface area contributed by atoms with Gasteiger partial charge < -0.3 is 15.0 Å². The largest absolute Gasteiger partial charge is 0.494 e. The molecule has 4 rings (SSSR count). The first-order valence-corrected chi connectivity index (χ1v) is 11.5. The minimum absolute atomic E-state index is 0.00272. The van der Waals surface area contributed by atoms with E-state index in [1.807, 2.05) is 36.4 Å². The molecule has 6 nitrogen and oxygen atoms in total. The van der Waals surface area contributed by atoms with Crippen LogP contribution in [0, 0.1) is 3.57 Å². The highest BCUT2D eigenvalue weighted by atomic mass is 127. The van der Waals surface area contributed by atoms with Crippen LogP contribution in [0.4, 0.5) is 5.13 Å². The van der Waals surface area contributed by atoms with Crippen molar-refractivity contribution < 1.29 is 9.53 Å². The van der Waals surface area contributed by atoms with Gasteiger partial charge in [0.05, 0.1) is 17.4 Å². The van der Waals surface area contributed by atoms with E-state index in [0.717, 1.165) is 63.0 Å². The summed E-state index contributed by atoms with van der Waals surface area (Å²) in [4.78, 5) is 21.9. The van der Waals surface area contributed by atoms with Gasteiger partial charge in [-0.15, -0.1) is 0 Å². The third-order valence-corrected chi connectivity index (χ3v) is 7.09. The number of halogens is 1. The maximum absolute atomic E-state index is 12.3. The van der Waals surface area contributed by atoms with Crippen molar-refractivity contribution in [2.45, 2.75) is 0 Å². The molecule has 0 saturated carbocycles. The number of piperazine rings is 1. The summed E-state index contributed by atoms with van der Waals surface area (Å²) in [5, 5.41) is 4.09. The fourth-order valence-corrected chi connectivity index (χ4v) is 5.11. The van der Waals surface area contributed by atoms with E-state index in [4.69, 9.17) is 9.72 Å². The molecule has 1 aliphatic rings. The summed E-state index contributed by atoms with van der Waals surface area (Å²) in [6, 6.07) is 13.7. The van der Waals surface area contributed by atoms with Gasteiger partial charge in [-0.25, -0.2) is 4.98 Å². The van der Waals surface area contributed by atoms with Crippen molar-refractivity contribution in [2.75, 3.05) is 51.3 Å². The second kappa shape index (κ2) is 9.27. The first-order chi connectivity index (χ1) is 14.2. The lowest BCUT2D eigenvalue weighted by molar-refractivity contribution is 0.0947. The van der Waals surface area contributed by atoms with Crippen molar-refractivity contribution >= 4 is 55.2 Å². The number of fused-ring (bicyclic) bond motifs is 1. The number of thiazole rings is 1. The molecule has 1 aromatic heterocycles. The Morgan fingerprint density at radius 2 is 1.97 bits per heavy atom. The average molecular weight is 522 g/mol. The van der Waals surface area contributed by atoms with Crippen LogP contribution >= 0.6 is 33.9 Å². The van der Waals surface area contributed by atoms with Crippen molar-refractivity contribution in [2.24, 2.45) is 0 Å². The van der Waals surface area contributed by atoms with Gasteiger partial charge in [-0.3, -0.25) is 9.69 Å². The number of carbonyl (C=O) groups is 1. The zero-order chi connectivity index (χ0) is 20.2. The average Bonchev–Trinajstić information content (AvgIpc) is 3.19. The van der Waals surface area contributed by atoms with Crippen LogP contribution < -0.4 is 15.0 Å². The Kier molecular flexibility index (Phi) is 6.51. The fourth-order valence-electron chi connectivity index (χ4n) is 3.44. The predicted octanol–water partition coefficient (Wildman–Crippen LogP) is 3.46. The van der Waals surface area contributed by atoms with Gasteiger partial charge in [0.15, 0.2) is 5.13 Å². The molecular weight excluding hydrogens is 499 g/mol. The molecule has 8 heteroatoms. The van der Waals surface area contributed by atoms with Gasteiger partial charge in [-0.05, 0) is 46.9 Å². The van der Waals surface area contributed by atoms with Crippen LogP contribution in [0.3, 0.4) is 0 Å². The molecule has 152 valence electrons. The summed E-state index contributed by atoms with van der Waals surface area (Å²) < 4.78 is 7.56. The van der Waals surface area contributed by atoms with Crippen LogP contribution in [-0.2, 0) is 0 Å². The van der Waals surface area contributed by atoms with Crippen molar-refractivity contribution in [1.82, 2.24) is 15.2 Å². The van der Waals surface area contributed by atoms with Gasteiger partial charge in [0, 0.05) is 42.8 Å². The SMILES string of the molecule is COc1cccc2sc(N3CCN(CCNC(=O)c4ccccc4I)CC3)nc12. The Morgan fingerprint density at radius 3 is 2.72 bits per heavy atom. The smallest absolute Gasteiger partial charge is 0.252 e. The van der Waals surface area contributed by atoms with E-state index >= 15 is 0 Å². The Balaban J connectivity index is 1.28. The molecule has 1 N–H and O–H groups in total. The molecule has 1 saturated heterocycles. The molecule has 0 radical (unpaired) electrons. The Morgan fingerprint density at radius 1 is 1.17 bits per heavy atom. The summed E-state index contributed by atoms with van der Waals surface area (Å²) in [7, 11) is 1.68. The monoisotopic (exact) mass is 522 g/mol. The minimum atomic E-state index is -0.00272. The van der Waals surface area contributed by atoms with Crippen molar-refractivity contribution in [3.8, 4) is 5.75 Å². The van der Waals surface area contributed by atoms with Crippen molar-refractivity contribution in [3.05, 3.63) is 51.6 Å². The van der Waals surface area contributed by atoms with E-state index in [1.54, 1.807) is 18.4 Å². The quantitative estimate of drug-likeness (QED) is 0.503. The number of benzene rings is 2. The maximum Gasteiger partial charge on any atom is 0.252 e. The minimum Gasteiger partial charge on any atom is -0.494 e. The van der Waals surface area contributed by atoms with E-state index in [1.165, 1.54) is 0 Å². The molecule has 0 unspecified atom stereocenters. The van der Waals surface area contributed by atoms with Crippen LogP contribution in [0.5, 0.6) is 5.75 Å². The highest BCUT2D eigenvalue weighted by Gasteiger charge is 2.20. The zero-order valence-electron chi connectivity index (χ0n) is 16.2. The number of ether oxygens (including phenoxy) is 1. The van der Waals surface area contributed by atoms with E-state index in [0.29, 0.717) is 6.54 Å². The van der Waals surface area contributed by atoms with Crippen LogP contribution in [0.1, 0.15) is 10.4 Å². The number of rotatable bonds is 6. The standard InChI is InChI=1S/C21H23IN4O2S/c1-28-17-7-4-8-18-19(17)24-21(29-18)26-13-11-25(12-14-26)10-9-23-20(27)15-5-2-3-6-16(15)22/h2-8H,9-14H2,1H3,(H,23,27). The molecule has 1 aliphatic heterocycles. The Labute approximate surface area is 188 Å². The number of nitrogens with zero attached hydrogens (tertiary/aromatic N) is 3. The third kappa shape index (κ3) is 4.65. The summed E-state index contributed by atoms with van der Waals surface area (Å²) in [6.45, 7) is 5.32. The lowest BCUT2D eigenvalue weighted by atomic mass is 10.2. The van der Waals surface area contributed by atoms with E-state index in [-0.39, 0.29) is 5.91 Å². The Hall–Kier alpha value is -1.91. The van der Waals surface area contributed by atoms with Gasteiger partial charge >= 0.3 is 0 Å². The van der Waals surface area contributed by atoms with Gasteiger partial charge in [-0.1, -0.05) is 29.5 Å². The van der Waals surface area contributed by atoms with Gasteiger partial charge in [-0.2, -0.15) is 0 Å². The first-order valence-electron chi connectivity index (χ1n) is 9.59. The van der Waals surface area contributed by atoms with Gasteiger partial charge in [0.1, 0.15) is 11.3 Å². The molecular formula is C21H23IN4O2S. The highest BCUT2D eigenvalue weighted by molar-refractivity contribution is 14.1. The maximum atomic E-state index is 12.3. The molecule has 0 spiro atoms. The number of para-hydroxylation sites is 1. The Bertz CT molecular complexity index is 1000. The number of hydrogen-bond acceptors (Lipinski definition) is 6. The molecule has 2 heterocycles. The second-order valence-electron chi connectivity index (χ2n) is 6.87. The predicted molar refractivity (Wildman–Crippen MR) is 126 cm³/mol. The van der Waals surface area contributed by atoms with Crippen molar-refractivity contribution in [3.63, 3.8) is 0 Å². The third-order valence-electron chi connectivity index (χ3n) is 5.07.